The van der Waals surface area contributed by atoms with Gasteiger partial charge in [-0.05, 0) is 54.6 Å². The lowest BCUT2D eigenvalue weighted by Gasteiger charge is -2.36. The summed E-state index contributed by atoms with van der Waals surface area (Å²) in [7, 11) is 0. The summed E-state index contributed by atoms with van der Waals surface area (Å²) < 4.78 is 12.8. The van der Waals surface area contributed by atoms with Crippen LogP contribution in [0.3, 0.4) is 0 Å². The van der Waals surface area contributed by atoms with Crippen LogP contribution < -0.4 is 25.0 Å². The normalized spacial score (nSPS) is 14.9. The van der Waals surface area contributed by atoms with E-state index >= 15 is 0 Å². The number of halogens is 1. The molecule has 3 aromatic carbocycles. The Labute approximate surface area is 224 Å². The third-order valence-corrected chi connectivity index (χ3v) is 7.21. The van der Waals surface area contributed by atoms with Crippen molar-refractivity contribution in [2.24, 2.45) is 0 Å². The molecule has 4 heterocycles. The molecule has 0 unspecified atom stereocenters. The van der Waals surface area contributed by atoms with Gasteiger partial charge in [0.15, 0.2) is 17.1 Å². The van der Waals surface area contributed by atoms with Gasteiger partial charge in [-0.2, -0.15) is 4.98 Å². The van der Waals surface area contributed by atoms with E-state index in [1.807, 2.05) is 48.5 Å². The van der Waals surface area contributed by atoms with Crippen LogP contribution in [0.4, 0.5) is 17.5 Å². The first-order valence-corrected chi connectivity index (χ1v) is 12.8. The molecule has 38 heavy (non-hydrogen) atoms. The van der Waals surface area contributed by atoms with Gasteiger partial charge in [0.05, 0.1) is 16.8 Å². The molecule has 5 aromatic rings. The van der Waals surface area contributed by atoms with Crippen LogP contribution in [0.15, 0.2) is 72.8 Å². The summed E-state index contributed by atoms with van der Waals surface area (Å²) in [6.07, 6.45) is 0. The first-order chi connectivity index (χ1) is 18.6. The fourth-order valence-electron chi connectivity index (χ4n) is 4.98. The van der Waals surface area contributed by atoms with E-state index < -0.39 is 0 Å². The zero-order valence-corrected chi connectivity index (χ0v) is 21.2. The number of aromatic nitrogens is 4. The van der Waals surface area contributed by atoms with Gasteiger partial charge in [-0.15, -0.1) is 5.10 Å². The van der Waals surface area contributed by atoms with Crippen molar-refractivity contribution in [3.63, 3.8) is 0 Å². The number of hydrogen-bond acceptors (Lipinski definition) is 8. The Hall–Kier alpha value is -4.50. The van der Waals surface area contributed by atoms with Crippen molar-refractivity contribution in [3.05, 3.63) is 77.8 Å². The van der Waals surface area contributed by atoms with Gasteiger partial charge in [-0.25, -0.2) is 9.67 Å². The van der Waals surface area contributed by atoms with E-state index in [1.54, 1.807) is 4.68 Å². The van der Waals surface area contributed by atoms with Crippen LogP contribution in [0.25, 0.3) is 28.0 Å². The number of anilines is 3. The Kier molecular flexibility index (Phi) is 5.44. The molecule has 1 saturated heterocycles. The lowest BCUT2D eigenvalue weighted by atomic mass is 10.1. The molecule has 0 bridgehead atoms. The molecule has 0 atom stereocenters. The highest BCUT2D eigenvalue weighted by atomic mass is 35.5. The molecule has 2 aliphatic rings. The second-order valence-electron chi connectivity index (χ2n) is 9.22. The third-order valence-electron chi connectivity index (χ3n) is 6.96. The molecule has 190 valence electrons. The van der Waals surface area contributed by atoms with E-state index in [-0.39, 0.29) is 6.79 Å². The largest absolute Gasteiger partial charge is 0.454 e. The summed E-state index contributed by atoms with van der Waals surface area (Å²) in [5.74, 6) is 2.46. The Balaban J connectivity index is 1.31. The molecule has 7 rings (SSSR count). The smallest absolute Gasteiger partial charge is 0.231 e. The van der Waals surface area contributed by atoms with Crippen LogP contribution in [0.2, 0.25) is 5.02 Å². The van der Waals surface area contributed by atoms with Crippen molar-refractivity contribution < 1.29 is 9.47 Å². The lowest BCUT2D eigenvalue weighted by molar-refractivity contribution is 0.174. The van der Waals surface area contributed by atoms with E-state index in [9.17, 15) is 0 Å². The lowest BCUT2D eigenvalue weighted by Crippen LogP contribution is -2.47. The summed E-state index contributed by atoms with van der Waals surface area (Å²) >= 11 is 6.11. The van der Waals surface area contributed by atoms with Crippen LogP contribution >= 0.6 is 11.6 Å². The number of nitrogens with zero attached hydrogens (tertiary/aromatic N) is 6. The molecule has 0 spiro atoms. The summed E-state index contributed by atoms with van der Waals surface area (Å²) in [5, 5.41) is 6.12. The van der Waals surface area contributed by atoms with E-state index in [1.165, 1.54) is 5.69 Å². The molecule has 0 amide bonds. The van der Waals surface area contributed by atoms with Gasteiger partial charge < -0.3 is 25.0 Å². The van der Waals surface area contributed by atoms with Crippen LogP contribution in [-0.2, 0) is 0 Å². The third kappa shape index (κ3) is 3.92. The first kappa shape index (κ1) is 22.7. The maximum absolute atomic E-state index is 6.68. The second-order valence-corrected chi connectivity index (χ2v) is 9.66. The van der Waals surface area contributed by atoms with Gasteiger partial charge in [0, 0.05) is 42.5 Å². The topological polar surface area (TPSA) is 94.6 Å². The quantitative estimate of drug-likeness (QED) is 0.358. The van der Waals surface area contributed by atoms with Crippen LogP contribution in [0.5, 0.6) is 11.5 Å². The Morgan fingerprint density at radius 1 is 0.763 bits per heavy atom. The standard InChI is InChI=1S/C28H24ClN7O2/c29-19-7-9-21(10-8-19)36-26(30)24-25(18-6-11-22-23(16-18)38-17-37-22)31-28(32-27(24)33-36)35-14-12-34(13-15-35)20-4-2-1-3-5-20/h1-11,16H,12-15,17,30H2. The maximum Gasteiger partial charge on any atom is 0.231 e. The Morgan fingerprint density at radius 3 is 2.29 bits per heavy atom. The predicted molar refractivity (Wildman–Crippen MR) is 149 cm³/mol. The number of hydrogen-bond donors (Lipinski definition) is 1. The Morgan fingerprint density at radius 2 is 1.50 bits per heavy atom. The molecule has 0 saturated carbocycles. The van der Waals surface area contributed by atoms with Crippen LogP contribution in [0, 0.1) is 0 Å². The highest BCUT2D eigenvalue weighted by Gasteiger charge is 2.25. The molecule has 0 radical (unpaired) electrons. The molecular formula is C28H24ClN7O2. The molecule has 9 nitrogen and oxygen atoms in total. The van der Waals surface area contributed by atoms with Crippen molar-refractivity contribution in [2.75, 3.05) is 48.5 Å². The second kappa shape index (κ2) is 9.11. The minimum atomic E-state index is 0.200. The maximum atomic E-state index is 6.68. The van der Waals surface area contributed by atoms with Crippen molar-refractivity contribution in [1.82, 2.24) is 19.7 Å². The van der Waals surface area contributed by atoms with Crippen molar-refractivity contribution in [2.45, 2.75) is 0 Å². The fourth-order valence-corrected chi connectivity index (χ4v) is 5.10. The van der Waals surface area contributed by atoms with Crippen LogP contribution in [0.1, 0.15) is 0 Å². The number of piperazine rings is 1. The monoisotopic (exact) mass is 525 g/mol. The Bertz CT molecular complexity index is 1630. The van der Waals surface area contributed by atoms with Gasteiger partial charge in [-0.1, -0.05) is 29.8 Å². The van der Waals surface area contributed by atoms with E-state index in [0.717, 1.165) is 37.4 Å². The summed E-state index contributed by atoms with van der Waals surface area (Å²) in [5.41, 5.74) is 10.8. The van der Waals surface area contributed by atoms with Gasteiger partial charge in [0.2, 0.25) is 12.7 Å². The van der Waals surface area contributed by atoms with E-state index in [0.29, 0.717) is 45.0 Å². The van der Waals surface area contributed by atoms with Crippen molar-refractivity contribution in [3.8, 4) is 28.4 Å². The van der Waals surface area contributed by atoms with Gasteiger partial charge in [0.25, 0.3) is 0 Å². The molecule has 2 aliphatic heterocycles. The van der Waals surface area contributed by atoms with E-state index in [2.05, 4.69) is 34.1 Å². The molecule has 2 aromatic heterocycles. The number of benzene rings is 3. The SMILES string of the molecule is Nc1c2c(-c3ccc4c(c3)OCO4)nc(N3CCN(c4ccccc4)CC3)nc2nn1-c1ccc(Cl)cc1. The molecular weight excluding hydrogens is 502 g/mol. The van der Waals surface area contributed by atoms with Crippen molar-refractivity contribution in [1.29, 1.82) is 0 Å². The van der Waals surface area contributed by atoms with Gasteiger partial charge in [0.1, 0.15) is 5.82 Å². The van der Waals surface area contributed by atoms with Crippen molar-refractivity contribution >= 4 is 40.1 Å². The number of para-hydroxylation sites is 1. The van der Waals surface area contributed by atoms with Gasteiger partial charge in [-0.3, -0.25) is 0 Å². The molecule has 1 fully saturated rings. The zero-order valence-electron chi connectivity index (χ0n) is 20.4. The van der Waals surface area contributed by atoms with Crippen LogP contribution in [-0.4, -0.2) is 52.7 Å². The number of ether oxygens (including phenoxy) is 2. The molecule has 0 aliphatic carbocycles. The minimum Gasteiger partial charge on any atom is -0.454 e. The number of nitrogens with two attached hydrogens (primary N) is 1. The molecule has 2 N–H and O–H groups in total. The number of rotatable bonds is 4. The minimum absolute atomic E-state index is 0.200. The molecule has 10 heteroatoms. The summed E-state index contributed by atoms with van der Waals surface area (Å²) in [6.45, 7) is 3.51. The number of nitrogen functional groups attached to an aromatic ring is 1. The average Bonchev–Trinajstić information content (AvgIpc) is 3.57. The predicted octanol–water partition coefficient (Wildman–Crippen LogP) is 4.77. The summed E-state index contributed by atoms with van der Waals surface area (Å²) in [4.78, 5) is 14.5. The fraction of sp³-hybridized carbons (Fsp3) is 0.179. The average molecular weight is 526 g/mol. The van der Waals surface area contributed by atoms with Gasteiger partial charge >= 0.3 is 0 Å². The highest BCUT2D eigenvalue weighted by Crippen LogP contribution is 2.39. The van der Waals surface area contributed by atoms with E-state index in [4.69, 9.17) is 41.9 Å². The first-order valence-electron chi connectivity index (χ1n) is 12.4. The zero-order chi connectivity index (χ0) is 25.6. The highest BCUT2D eigenvalue weighted by molar-refractivity contribution is 6.30. The number of fused-ring (bicyclic) bond motifs is 2. The summed E-state index contributed by atoms with van der Waals surface area (Å²) in [6, 6.07) is 23.6.